The van der Waals surface area contributed by atoms with Crippen molar-refractivity contribution in [2.45, 2.75) is 18.7 Å². The van der Waals surface area contributed by atoms with Gasteiger partial charge in [0.25, 0.3) is 0 Å². The quantitative estimate of drug-likeness (QED) is 0.843. The Hall–Kier alpha value is -1.44. The van der Waals surface area contributed by atoms with Crippen molar-refractivity contribution >= 4 is 21.6 Å². The minimum Gasteiger partial charge on any atom is -0.329 e. The first-order valence-electron chi connectivity index (χ1n) is 6.15. The number of nitrogens with one attached hydrogen (secondary N) is 1. The van der Waals surface area contributed by atoms with Crippen LogP contribution in [0.1, 0.15) is 13.8 Å². The second kappa shape index (κ2) is 5.90. The zero-order chi connectivity index (χ0) is 15.6. The van der Waals surface area contributed by atoms with Crippen molar-refractivity contribution in [2.75, 3.05) is 26.0 Å². The van der Waals surface area contributed by atoms with Crippen LogP contribution >= 0.6 is 0 Å². The van der Waals surface area contributed by atoms with E-state index < -0.39 is 15.4 Å². The van der Waals surface area contributed by atoms with Crippen LogP contribution in [0.5, 0.6) is 0 Å². The molecule has 0 aromatic heterocycles. The van der Waals surface area contributed by atoms with Crippen molar-refractivity contribution in [3.05, 3.63) is 24.3 Å². The minimum atomic E-state index is -3.52. The van der Waals surface area contributed by atoms with Gasteiger partial charge in [-0.3, -0.25) is 4.79 Å². The Morgan fingerprint density at radius 2 is 1.95 bits per heavy atom. The van der Waals surface area contributed by atoms with Gasteiger partial charge in [0.1, 0.15) is 0 Å². The number of hydrogen-bond donors (Lipinski definition) is 2. The molecule has 7 heteroatoms. The van der Waals surface area contributed by atoms with Gasteiger partial charge >= 0.3 is 0 Å². The third-order valence-corrected chi connectivity index (χ3v) is 4.81. The Balaban J connectivity index is 3.05. The van der Waals surface area contributed by atoms with Crippen molar-refractivity contribution in [1.82, 2.24) is 4.31 Å². The summed E-state index contributed by atoms with van der Waals surface area (Å²) in [5, 5.41) is 2.68. The highest BCUT2D eigenvalue weighted by molar-refractivity contribution is 7.89. The molecule has 6 nitrogen and oxygen atoms in total. The maximum Gasteiger partial charge on any atom is 0.242 e. The number of nitrogens with two attached hydrogens (primary N) is 1. The Morgan fingerprint density at radius 3 is 2.45 bits per heavy atom. The lowest BCUT2D eigenvalue weighted by Crippen LogP contribution is -2.37. The van der Waals surface area contributed by atoms with Crippen LogP contribution in [-0.4, -0.2) is 39.3 Å². The molecular formula is C13H21N3O3S. The van der Waals surface area contributed by atoms with Gasteiger partial charge in [-0.15, -0.1) is 0 Å². The number of sulfonamides is 1. The first kappa shape index (κ1) is 16.6. The van der Waals surface area contributed by atoms with Gasteiger partial charge in [0.15, 0.2) is 0 Å². The average molecular weight is 299 g/mol. The van der Waals surface area contributed by atoms with Gasteiger partial charge in [-0.05, 0) is 32.0 Å². The first-order valence-corrected chi connectivity index (χ1v) is 7.59. The molecule has 3 N–H and O–H groups in total. The molecule has 0 unspecified atom stereocenters. The number of nitrogens with zero attached hydrogens (tertiary/aromatic N) is 1. The summed E-state index contributed by atoms with van der Waals surface area (Å²) in [5.41, 5.74) is 5.25. The predicted octanol–water partition coefficient (Wildman–Crippen LogP) is 0.860. The number of hydrogen-bond acceptors (Lipinski definition) is 4. The fraction of sp³-hybridized carbons (Fsp3) is 0.462. The highest BCUT2D eigenvalue weighted by atomic mass is 32.2. The van der Waals surface area contributed by atoms with Crippen molar-refractivity contribution in [3.8, 4) is 0 Å². The van der Waals surface area contributed by atoms with E-state index in [-0.39, 0.29) is 17.3 Å². The summed E-state index contributed by atoms with van der Waals surface area (Å²) in [4.78, 5) is 12.1. The first-order chi connectivity index (χ1) is 9.11. The van der Waals surface area contributed by atoms with Crippen LogP contribution in [0.3, 0.4) is 0 Å². The molecule has 20 heavy (non-hydrogen) atoms. The minimum absolute atomic E-state index is 0.130. The Bertz CT molecular complexity index is 595. The van der Waals surface area contributed by atoms with E-state index in [1.54, 1.807) is 26.0 Å². The number of anilines is 1. The van der Waals surface area contributed by atoms with E-state index >= 15 is 0 Å². The molecule has 0 bridgehead atoms. The van der Waals surface area contributed by atoms with Crippen molar-refractivity contribution in [1.29, 1.82) is 0 Å². The molecule has 0 aliphatic heterocycles. The van der Waals surface area contributed by atoms with E-state index in [2.05, 4.69) is 5.32 Å². The molecule has 1 aromatic rings. The van der Waals surface area contributed by atoms with Gasteiger partial charge < -0.3 is 11.1 Å². The lowest BCUT2D eigenvalue weighted by Gasteiger charge is -2.21. The zero-order valence-corrected chi connectivity index (χ0v) is 13.0. The van der Waals surface area contributed by atoms with Crippen LogP contribution < -0.4 is 11.1 Å². The molecule has 0 heterocycles. The lowest BCUT2D eigenvalue weighted by atomic mass is 9.92. The van der Waals surface area contributed by atoms with E-state index in [9.17, 15) is 13.2 Å². The Kier molecular flexibility index (Phi) is 4.90. The standard InChI is InChI=1S/C13H21N3O3S/c1-13(2,9-14)12(17)15-10-6-5-7-11(8-10)20(18,19)16(3)4/h5-8H,9,14H2,1-4H3,(H,15,17). The van der Waals surface area contributed by atoms with Gasteiger partial charge in [0.05, 0.1) is 10.3 Å². The summed E-state index contributed by atoms with van der Waals surface area (Å²) >= 11 is 0. The van der Waals surface area contributed by atoms with Crippen LogP contribution in [-0.2, 0) is 14.8 Å². The Morgan fingerprint density at radius 1 is 1.35 bits per heavy atom. The van der Waals surface area contributed by atoms with E-state index in [0.29, 0.717) is 5.69 Å². The molecule has 0 atom stereocenters. The van der Waals surface area contributed by atoms with Gasteiger partial charge in [0.2, 0.25) is 15.9 Å². The van der Waals surface area contributed by atoms with Crippen molar-refractivity contribution in [2.24, 2.45) is 11.1 Å². The topological polar surface area (TPSA) is 92.5 Å². The molecular weight excluding hydrogens is 278 g/mol. The second-order valence-electron chi connectivity index (χ2n) is 5.36. The summed E-state index contributed by atoms with van der Waals surface area (Å²) in [6.07, 6.45) is 0. The number of benzene rings is 1. The summed E-state index contributed by atoms with van der Waals surface area (Å²) in [5.74, 6) is -0.251. The third-order valence-electron chi connectivity index (χ3n) is 3.00. The largest absolute Gasteiger partial charge is 0.329 e. The highest BCUT2D eigenvalue weighted by Crippen LogP contribution is 2.21. The lowest BCUT2D eigenvalue weighted by molar-refractivity contribution is -0.123. The maximum atomic E-state index is 12.0. The molecule has 1 amide bonds. The van der Waals surface area contributed by atoms with Gasteiger partial charge in [-0.1, -0.05) is 6.07 Å². The number of amides is 1. The normalized spacial score (nSPS) is 12.5. The number of carbonyl (C=O) groups is 1. The number of rotatable bonds is 5. The molecule has 112 valence electrons. The highest BCUT2D eigenvalue weighted by Gasteiger charge is 2.26. The van der Waals surface area contributed by atoms with E-state index in [1.165, 1.54) is 26.2 Å². The zero-order valence-electron chi connectivity index (χ0n) is 12.2. The van der Waals surface area contributed by atoms with E-state index in [0.717, 1.165) is 4.31 Å². The third kappa shape index (κ3) is 3.56. The average Bonchev–Trinajstić information content (AvgIpc) is 2.38. The van der Waals surface area contributed by atoms with Gasteiger partial charge in [-0.25, -0.2) is 12.7 Å². The van der Waals surface area contributed by atoms with Crippen LogP contribution in [0.15, 0.2) is 29.2 Å². The summed E-state index contributed by atoms with van der Waals surface area (Å²) in [6, 6.07) is 6.14. The SMILES string of the molecule is CN(C)S(=O)(=O)c1cccc(NC(=O)C(C)(C)CN)c1. The summed E-state index contributed by atoms with van der Waals surface area (Å²) in [7, 11) is -0.606. The van der Waals surface area contributed by atoms with Crippen molar-refractivity contribution in [3.63, 3.8) is 0 Å². The maximum absolute atomic E-state index is 12.0. The molecule has 0 radical (unpaired) electrons. The fourth-order valence-corrected chi connectivity index (χ4v) is 2.29. The second-order valence-corrected chi connectivity index (χ2v) is 7.51. The molecule has 1 rings (SSSR count). The van der Waals surface area contributed by atoms with Gasteiger partial charge in [0, 0.05) is 26.3 Å². The molecule has 0 saturated carbocycles. The van der Waals surface area contributed by atoms with Crippen LogP contribution in [0, 0.1) is 5.41 Å². The fourth-order valence-electron chi connectivity index (χ4n) is 1.34. The summed E-state index contributed by atoms with van der Waals surface area (Å²) in [6.45, 7) is 3.65. The smallest absolute Gasteiger partial charge is 0.242 e. The van der Waals surface area contributed by atoms with E-state index in [4.69, 9.17) is 5.73 Å². The molecule has 0 aliphatic carbocycles. The predicted molar refractivity (Wildman–Crippen MR) is 78.8 cm³/mol. The number of carbonyl (C=O) groups excluding carboxylic acids is 1. The van der Waals surface area contributed by atoms with Gasteiger partial charge in [-0.2, -0.15) is 0 Å². The summed E-state index contributed by atoms with van der Waals surface area (Å²) < 4.78 is 25.2. The van der Waals surface area contributed by atoms with E-state index in [1.807, 2.05) is 0 Å². The molecule has 0 fully saturated rings. The molecule has 0 spiro atoms. The monoisotopic (exact) mass is 299 g/mol. The van der Waals surface area contributed by atoms with Crippen LogP contribution in [0.4, 0.5) is 5.69 Å². The Labute approximate surface area is 120 Å². The van der Waals surface area contributed by atoms with Crippen LogP contribution in [0.2, 0.25) is 0 Å². The molecule has 1 aromatic carbocycles. The molecule has 0 aliphatic rings. The van der Waals surface area contributed by atoms with Crippen molar-refractivity contribution < 1.29 is 13.2 Å². The van der Waals surface area contributed by atoms with Crippen LogP contribution in [0.25, 0.3) is 0 Å². The molecule has 0 saturated heterocycles.